The number of urea groups is 1. The first-order valence-corrected chi connectivity index (χ1v) is 12.9. The summed E-state index contributed by atoms with van der Waals surface area (Å²) in [7, 11) is 1.59. The van der Waals surface area contributed by atoms with Crippen molar-refractivity contribution in [3.8, 4) is 16.2 Å². The van der Waals surface area contributed by atoms with Gasteiger partial charge in [0.1, 0.15) is 16.2 Å². The number of aryl methyl sites for hydroxylation is 3. The number of hydrogen-bond donors (Lipinski definition) is 4. The Kier molecular flexibility index (Phi) is 7.54. The number of carbonyl (C=O) groups is 3. The maximum absolute atomic E-state index is 13.4. The number of aliphatic carboxylic acids is 1. The second-order valence-corrected chi connectivity index (χ2v) is 10.5. The number of carboxylic acid groups (broad SMARTS) is 1. The highest BCUT2D eigenvalue weighted by molar-refractivity contribution is 7.18. The zero-order chi connectivity index (χ0) is 26.7. The Morgan fingerprint density at radius 3 is 2.14 bits per heavy atom. The van der Waals surface area contributed by atoms with Gasteiger partial charge in [0.15, 0.2) is 0 Å². The van der Waals surface area contributed by atoms with Gasteiger partial charge in [0, 0.05) is 10.6 Å². The normalized spacial score (nSPS) is 14.2. The molecule has 1 fully saturated rings. The maximum atomic E-state index is 13.4. The van der Waals surface area contributed by atoms with Crippen molar-refractivity contribution >= 4 is 40.6 Å². The lowest BCUT2D eigenvalue weighted by molar-refractivity contribution is -0.144. The van der Waals surface area contributed by atoms with Gasteiger partial charge in [0.25, 0.3) is 5.91 Å². The third-order valence-corrected chi connectivity index (χ3v) is 7.88. The van der Waals surface area contributed by atoms with Crippen LogP contribution in [0.2, 0.25) is 0 Å². The molecule has 1 aliphatic carbocycles. The van der Waals surface area contributed by atoms with Gasteiger partial charge in [-0.15, -0.1) is 11.3 Å². The highest BCUT2D eigenvalue weighted by Gasteiger charge is 2.43. The van der Waals surface area contributed by atoms with Gasteiger partial charge in [-0.3, -0.25) is 4.79 Å². The maximum Gasteiger partial charge on any atom is 0.329 e. The third-order valence-electron chi connectivity index (χ3n) is 6.70. The second kappa shape index (κ2) is 10.6. The lowest BCUT2D eigenvalue weighted by Crippen LogP contribution is -2.52. The van der Waals surface area contributed by atoms with E-state index < -0.39 is 23.4 Å². The van der Waals surface area contributed by atoms with Crippen LogP contribution in [0.1, 0.15) is 52.0 Å². The van der Waals surface area contributed by atoms with E-state index in [1.807, 2.05) is 57.2 Å². The topological polar surface area (TPSA) is 117 Å². The summed E-state index contributed by atoms with van der Waals surface area (Å²) in [6, 6.07) is 12.6. The highest BCUT2D eigenvalue weighted by Crippen LogP contribution is 2.37. The first-order valence-electron chi connectivity index (χ1n) is 12.1. The van der Waals surface area contributed by atoms with Crippen LogP contribution in [0.25, 0.3) is 10.4 Å². The molecule has 1 saturated carbocycles. The summed E-state index contributed by atoms with van der Waals surface area (Å²) in [4.78, 5) is 39.5. The van der Waals surface area contributed by atoms with Crippen molar-refractivity contribution in [1.29, 1.82) is 0 Å². The molecular formula is C28H31N3O5S. The number of anilines is 2. The van der Waals surface area contributed by atoms with E-state index in [2.05, 4.69) is 16.0 Å². The minimum absolute atomic E-state index is 0.242. The number of methoxy groups -OCH3 is 1. The molecule has 37 heavy (non-hydrogen) atoms. The molecular weight excluding hydrogens is 490 g/mol. The molecule has 4 N–H and O–H groups in total. The Morgan fingerprint density at radius 1 is 0.946 bits per heavy atom. The smallest absolute Gasteiger partial charge is 0.329 e. The average molecular weight is 522 g/mol. The quantitative estimate of drug-likeness (QED) is 0.299. The van der Waals surface area contributed by atoms with Crippen molar-refractivity contribution in [1.82, 2.24) is 5.32 Å². The van der Waals surface area contributed by atoms with Crippen LogP contribution >= 0.6 is 11.3 Å². The van der Waals surface area contributed by atoms with Gasteiger partial charge in [-0.05, 0) is 80.6 Å². The van der Waals surface area contributed by atoms with Crippen LogP contribution in [0.4, 0.5) is 16.2 Å². The average Bonchev–Trinajstić information content (AvgIpc) is 3.50. The van der Waals surface area contributed by atoms with Gasteiger partial charge in [0.05, 0.1) is 12.8 Å². The van der Waals surface area contributed by atoms with Crippen LogP contribution in [0.3, 0.4) is 0 Å². The standard InChI is InChI=1S/C28H31N3O5S/c1-16-13-17(2)23(18(3)14-16)30-27(35)29-21-15-22(19-7-9-20(36-4)10-8-19)37-24(21)25(32)31-28(26(33)34)11-5-6-12-28/h7-10,13-15H,5-6,11-12H2,1-4H3,(H,31,32)(H,33,34)(H2,29,30,35). The number of nitrogens with one attached hydrogen (secondary N) is 3. The molecule has 0 saturated heterocycles. The van der Waals surface area contributed by atoms with E-state index in [-0.39, 0.29) is 4.88 Å². The fourth-order valence-electron chi connectivity index (χ4n) is 4.84. The van der Waals surface area contributed by atoms with E-state index in [9.17, 15) is 19.5 Å². The zero-order valence-corrected chi connectivity index (χ0v) is 22.2. The largest absolute Gasteiger partial charge is 0.497 e. The molecule has 2 aromatic carbocycles. The van der Waals surface area contributed by atoms with E-state index in [0.29, 0.717) is 30.0 Å². The van der Waals surface area contributed by atoms with Crippen LogP contribution < -0.4 is 20.7 Å². The monoisotopic (exact) mass is 521 g/mol. The van der Waals surface area contributed by atoms with Crippen molar-refractivity contribution in [2.75, 3.05) is 17.7 Å². The SMILES string of the molecule is COc1ccc(-c2cc(NC(=O)Nc3c(C)cc(C)cc3C)c(C(=O)NC3(C(=O)O)CCCC3)s2)cc1. The molecule has 0 aliphatic heterocycles. The minimum Gasteiger partial charge on any atom is -0.497 e. The van der Waals surface area contributed by atoms with Crippen LogP contribution in [-0.2, 0) is 4.79 Å². The van der Waals surface area contributed by atoms with E-state index in [4.69, 9.17) is 4.74 Å². The number of thiophene rings is 1. The van der Waals surface area contributed by atoms with Crippen LogP contribution in [0.5, 0.6) is 5.75 Å². The van der Waals surface area contributed by atoms with E-state index in [0.717, 1.165) is 40.0 Å². The Morgan fingerprint density at radius 2 is 1.57 bits per heavy atom. The van der Waals surface area contributed by atoms with Gasteiger partial charge >= 0.3 is 12.0 Å². The molecule has 0 unspecified atom stereocenters. The Hall–Kier alpha value is -3.85. The molecule has 0 radical (unpaired) electrons. The summed E-state index contributed by atoms with van der Waals surface area (Å²) < 4.78 is 5.23. The zero-order valence-electron chi connectivity index (χ0n) is 21.4. The first-order chi connectivity index (χ1) is 17.6. The summed E-state index contributed by atoms with van der Waals surface area (Å²) in [5.74, 6) is -0.862. The number of amides is 3. The molecule has 1 heterocycles. The molecule has 0 atom stereocenters. The molecule has 9 heteroatoms. The molecule has 8 nitrogen and oxygen atoms in total. The van der Waals surface area contributed by atoms with Crippen molar-refractivity contribution in [3.63, 3.8) is 0 Å². The minimum atomic E-state index is -1.29. The number of benzene rings is 2. The Balaban J connectivity index is 1.65. The number of rotatable bonds is 7. The summed E-state index contributed by atoms with van der Waals surface area (Å²) in [5.41, 5.74) is 3.52. The van der Waals surface area contributed by atoms with E-state index >= 15 is 0 Å². The van der Waals surface area contributed by atoms with E-state index in [1.54, 1.807) is 13.2 Å². The van der Waals surface area contributed by atoms with Crippen LogP contribution in [0.15, 0.2) is 42.5 Å². The van der Waals surface area contributed by atoms with Gasteiger partial charge < -0.3 is 25.8 Å². The lowest BCUT2D eigenvalue weighted by atomic mass is 9.98. The number of carbonyl (C=O) groups excluding carboxylic acids is 2. The summed E-state index contributed by atoms with van der Waals surface area (Å²) in [5, 5.41) is 18.3. The Bertz CT molecular complexity index is 1320. The van der Waals surface area contributed by atoms with Gasteiger partial charge in [0.2, 0.25) is 0 Å². The summed E-state index contributed by atoms with van der Waals surface area (Å²) in [6.45, 7) is 5.84. The fourth-order valence-corrected chi connectivity index (χ4v) is 5.85. The molecule has 194 valence electrons. The summed E-state index contributed by atoms with van der Waals surface area (Å²) in [6.07, 6.45) is 2.22. The molecule has 1 aromatic heterocycles. The number of ether oxygens (including phenoxy) is 1. The second-order valence-electron chi connectivity index (χ2n) is 9.48. The van der Waals surface area contributed by atoms with Crippen LogP contribution in [-0.4, -0.2) is 35.7 Å². The first kappa shape index (κ1) is 26.2. The Labute approximate surface area is 220 Å². The number of hydrogen-bond acceptors (Lipinski definition) is 5. The predicted octanol–water partition coefficient (Wildman–Crippen LogP) is 6.12. The van der Waals surface area contributed by atoms with Crippen molar-refractivity contribution in [3.05, 3.63) is 64.0 Å². The van der Waals surface area contributed by atoms with Crippen LogP contribution in [0, 0.1) is 20.8 Å². The predicted molar refractivity (Wildman–Crippen MR) is 146 cm³/mol. The fraction of sp³-hybridized carbons (Fsp3) is 0.321. The molecule has 3 aromatic rings. The molecule has 0 spiro atoms. The van der Waals surface area contributed by atoms with Gasteiger partial charge in [-0.2, -0.15) is 0 Å². The molecule has 1 aliphatic rings. The highest BCUT2D eigenvalue weighted by atomic mass is 32.1. The molecule has 0 bridgehead atoms. The third kappa shape index (κ3) is 5.61. The van der Waals surface area contributed by atoms with Crippen molar-refractivity contribution < 1.29 is 24.2 Å². The lowest BCUT2D eigenvalue weighted by Gasteiger charge is -2.25. The molecule has 3 amide bonds. The summed E-state index contributed by atoms with van der Waals surface area (Å²) >= 11 is 1.20. The van der Waals surface area contributed by atoms with E-state index in [1.165, 1.54) is 11.3 Å². The van der Waals surface area contributed by atoms with Crippen molar-refractivity contribution in [2.45, 2.75) is 52.0 Å². The number of carboxylic acids is 1. The molecule has 4 rings (SSSR count). The van der Waals surface area contributed by atoms with Gasteiger partial charge in [-0.1, -0.05) is 30.5 Å². The van der Waals surface area contributed by atoms with Crippen molar-refractivity contribution in [2.24, 2.45) is 0 Å². The van der Waals surface area contributed by atoms with Gasteiger partial charge in [-0.25, -0.2) is 9.59 Å².